The molecule has 2 aromatic carbocycles. The van der Waals surface area contributed by atoms with Crippen LogP contribution in [0, 0.1) is 0 Å². The number of hydrogen-bond acceptors (Lipinski definition) is 1. The maximum absolute atomic E-state index is 3.92. The van der Waals surface area contributed by atoms with E-state index in [-0.39, 0.29) is 6.04 Å². The zero-order valence-corrected chi connectivity index (χ0v) is 10.7. The molecule has 0 radical (unpaired) electrons. The van der Waals surface area contributed by atoms with Gasteiger partial charge in [-0.25, -0.2) is 0 Å². The summed E-state index contributed by atoms with van der Waals surface area (Å²) in [6.07, 6.45) is 1.95. The predicted molar refractivity (Wildman–Crippen MR) is 77.4 cm³/mol. The molecule has 0 bridgehead atoms. The summed E-state index contributed by atoms with van der Waals surface area (Å²) in [5.74, 6) is 0. The second-order valence-electron chi connectivity index (χ2n) is 4.42. The van der Waals surface area contributed by atoms with Crippen LogP contribution in [0.15, 0.2) is 73.3 Å². The summed E-state index contributed by atoms with van der Waals surface area (Å²) in [7, 11) is 0. The van der Waals surface area contributed by atoms with Crippen molar-refractivity contribution in [3.05, 3.63) is 84.4 Å². The van der Waals surface area contributed by atoms with Crippen molar-refractivity contribution in [3.8, 4) is 0 Å². The van der Waals surface area contributed by atoms with Gasteiger partial charge in [-0.05, 0) is 18.1 Å². The Morgan fingerprint density at radius 2 is 1.39 bits per heavy atom. The molecule has 92 valence electrons. The molecule has 0 heterocycles. The van der Waals surface area contributed by atoms with Gasteiger partial charge in [0.25, 0.3) is 0 Å². The van der Waals surface area contributed by atoms with Crippen LogP contribution in [0.25, 0.3) is 0 Å². The van der Waals surface area contributed by atoms with Gasteiger partial charge in [-0.3, -0.25) is 0 Å². The summed E-state index contributed by atoms with van der Waals surface area (Å²) < 4.78 is 0. The molecule has 0 unspecified atom stereocenters. The van der Waals surface area contributed by atoms with Gasteiger partial charge >= 0.3 is 0 Å². The Morgan fingerprint density at radius 1 is 0.889 bits per heavy atom. The van der Waals surface area contributed by atoms with Gasteiger partial charge in [0.15, 0.2) is 0 Å². The monoisotopic (exact) mass is 237 g/mol. The Bertz CT molecular complexity index is 475. The highest BCUT2D eigenvalue weighted by atomic mass is 14.9. The van der Waals surface area contributed by atoms with Crippen LogP contribution >= 0.6 is 0 Å². The molecule has 0 spiro atoms. The molecule has 1 nitrogen and oxygen atoms in total. The molecule has 0 aliphatic rings. The van der Waals surface area contributed by atoms with Crippen molar-refractivity contribution in [1.82, 2.24) is 5.32 Å². The predicted octanol–water partition coefficient (Wildman–Crippen LogP) is 4.26. The molecule has 18 heavy (non-hydrogen) atoms. The van der Waals surface area contributed by atoms with E-state index in [1.807, 2.05) is 18.2 Å². The summed E-state index contributed by atoms with van der Waals surface area (Å²) >= 11 is 0. The van der Waals surface area contributed by atoms with Crippen molar-refractivity contribution in [2.24, 2.45) is 0 Å². The van der Waals surface area contributed by atoms with Crippen molar-refractivity contribution < 1.29 is 0 Å². The van der Waals surface area contributed by atoms with E-state index in [1.165, 1.54) is 11.1 Å². The number of nitrogens with one attached hydrogen (secondary N) is 1. The Balaban J connectivity index is 2.10. The van der Waals surface area contributed by atoms with Crippen LogP contribution in [0.2, 0.25) is 0 Å². The fourth-order valence-corrected chi connectivity index (χ4v) is 2.07. The molecule has 2 rings (SSSR count). The van der Waals surface area contributed by atoms with Crippen LogP contribution in [0.3, 0.4) is 0 Å². The van der Waals surface area contributed by atoms with E-state index in [4.69, 9.17) is 0 Å². The van der Waals surface area contributed by atoms with Crippen molar-refractivity contribution >= 4 is 0 Å². The van der Waals surface area contributed by atoms with E-state index in [1.54, 1.807) is 0 Å². The normalized spacial score (nSPS) is 13.8. The highest BCUT2D eigenvalue weighted by Crippen LogP contribution is 2.19. The molecule has 1 N–H and O–H groups in total. The maximum atomic E-state index is 3.92. The molecule has 0 amide bonds. The van der Waals surface area contributed by atoms with Crippen LogP contribution in [0.5, 0.6) is 0 Å². The van der Waals surface area contributed by atoms with Crippen LogP contribution < -0.4 is 5.32 Å². The zero-order chi connectivity index (χ0) is 12.8. The Kier molecular flexibility index (Phi) is 4.32. The highest BCUT2D eigenvalue weighted by Gasteiger charge is 2.11. The van der Waals surface area contributed by atoms with E-state index in [0.29, 0.717) is 6.04 Å². The second-order valence-corrected chi connectivity index (χ2v) is 4.42. The van der Waals surface area contributed by atoms with Crippen LogP contribution in [-0.2, 0) is 0 Å². The first-order valence-electron chi connectivity index (χ1n) is 6.29. The lowest BCUT2D eigenvalue weighted by Crippen LogP contribution is -2.23. The average molecular weight is 237 g/mol. The summed E-state index contributed by atoms with van der Waals surface area (Å²) in [5, 5.41) is 3.58. The summed E-state index contributed by atoms with van der Waals surface area (Å²) in [6, 6.07) is 21.3. The molecule has 0 saturated heterocycles. The molecular weight excluding hydrogens is 218 g/mol. The van der Waals surface area contributed by atoms with Crippen molar-refractivity contribution in [2.45, 2.75) is 19.0 Å². The minimum atomic E-state index is 0.182. The molecule has 0 saturated carbocycles. The van der Waals surface area contributed by atoms with Crippen LogP contribution in [-0.4, -0.2) is 0 Å². The third-order valence-corrected chi connectivity index (χ3v) is 3.12. The van der Waals surface area contributed by atoms with Gasteiger partial charge in [-0.2, -0.15) is 0 Å². The molecule has 2 aromatic rings. The molecule has 0 aliphatic carbocycles. The first kappa shape index (κ1) is 12.6. The minimum Gasteiger partial charge on any atom is -0.300 e. The quantitative estimate of drug-likeness (QED) is 0.766. The molecule has 0 aromatic heterocycles. The topological polar surface area (TPSA) is 12.0 Å². The van der Waals surface area contributed by atoms with Crippen LogP contribution in [0.1, 0.15) is 30.1 Å². The fourth-order valence-electron chi connectivity index (χ4n) is 2.07. The average Bonchev–Trinajstić information content (AvgIpc) is 2.46. The Labute approximate surface area is 109 Å². The molecule has 0 aliphatic heterocycles. The van der Waals surface area contributed by atoms with Gasteiger partial charge in [0, 0.05) is 6.04 Å². The van der Waals surface area contributed by atoms with Crippen molar-refractivity contribution in [2.75, 3.05) is 0 Å². The third-order valence-electron chi connectivity index (χ3n) is 3.12. The number of rotatable bonds is 5. The first-order valence-corrected chi connectivity index (χ1v) is 6.29. The standard InChI is InChI=1S/C17H19N/c1-3-17(16-12-8-5-9-13-16)18-14(2)15-10-6-4-7-11-15/h3-14,17-18H,1H2,2H3/t14-,17-/m1/s1. The lowest BCUT2D eigenvalue weighted by Gasteiger charge is -2.21. The van der Waals surface area contributed by atoms with E-state index in [0.717, 1.165) is 0 Å². The van der Waals surface area contributed by atoms with Gasteiger partial charge in [-0.15, -0.1) is 6.58 Å². The number of benzene rings is 2. The van der Waals surface area contributed by atoms with Crippen molar-refractivity contribution in [3.63, 3.8) is 0 Å². The van der Waals surface area contributed by atoms with Crippen LogP contribution in [0.4, 0.5) is 0 Å². The number of hydrogen-bond donors (Lipinski definition) is 1. The van der Waals surface area contributed by atoms with E-state index < -0.39 is 0 Å². The van der Waals surface area contributed by atoms with Gasteiger partial charge < -0.3 is 5.32 Å². The van der Waals surface area contributed by atoms with Gasteiger partial charge in [0.2, 0.25) is 0 Å². The van der Waals surface area contributed by atoms with E-state index in [9.17, 15) is 0 Å². The van der Waals surface area contributed by atoms with E-state index in [2.05, 4.69) is 67.4 Å². The minimum absolute atomic E-state index is 0.182. The molecule has 1 heteroatoms. The summed E-state index contributed by atoms with van der Waals surface area (Å²) in [6.45, 7) is 6.10. The molecule has 0 fully saturated rings. The lowest BCUT2D eigenvalue weighted by atomic mass is 10.0. The fraction of sp³-hybridized carbons (Fsp3) is 0.176. The summed E-state index contributed by atoms with van der Waals surface area (Å²) in [4.78, 5) is 0. The van der Waals surface area contributed by atoms with Gasteiger partial charge in [-0.1, -0.05) is 66.7 Å². The summed E-state index contributed by atoms with van der Waals surface area (Å²) in [5.41, 5.74) is 2.54. The SMILES string of the molecule is C=C[C@@H](N[C@H](C)c1ccccc1)c1ccccc1. The maximum Gasteiger partial charge on any atom is 0.0508 e. The zero-order valence-electron chi connectivity index (χ0n) is 10.7. The Hall–Kier alpha value is -1.86. The lowest BCUT2D eigenvalue weighted by molar-refractivity contribution is 0.527. The first-order chi connectivity index (χ1) is 8.81. The molecular formula is C17H19N. The third kappa shape index (κ3) is 3.08. The largest absolute Gasteiger partial charge is 0.300 e. The van der Waals surface area contributed by atoms with E-state index >= 15 is 0 Å². The smallest absolute Gasteiger partial charge is 0.0508 e. The second kappa shape index (κ2) is 6.18. The van der Waals surface area contributed by atoms with Crippen molar-refractivity contribution in [1.29, 1.82) is 0 Å². The molecule has 2 atom stereocenters. The highest BCUT2D eigenvalue weighted by molar-refractivity contribution is 5.24. The van der Waals surface area contributed by atoms with Gasteiger partial charge in [0.05, 0.1) is 6.04 Å². The van der Waals surface area contributed by atoms with Gasteiger partial charge in [0.1, 0.15) is 0 Å². The Morgan fingerprint density at radius 3 is 1.89 bits per heavy atom.